The van der Waals surface area contributed by atoms with Gasteiger partial charge in [-0.25, -0.2) is 0 Å². The Kier molecular flexibility index (Phi) is 3.62. The number of benzene rings is 1. The van der Waals surface area contributed by atoms with Crippen LogP contribution in [0, 0.1) is 6.92 Å². The lowest BCUT2D eigenvalue weighted by atomic mass is 10.2. The fourth-order valence-electron chi connectivity index (χ4n) is 0.846. The summed E-state index contributed by atoms with van der Waals surface area (Å²) in [5, 5.41) is 3.00. The van der Waals surface area contributed by atoms with Crippen LogP contribution in [-0.2, 0) is 10.1 Å². The first-order valence-corrected chi connectivity index (χ1v) is 5.69. The first-order valence-electron chi connectivity index (χ1n) is 4.25. The summed E-state index contributed by atoms with van der Waals surface area (Å²) in [5.41, 5.74) is 0.551. The summed E-state index contributed by atoms with van der Waals surface area (Å²) >= 11 is 0. The van der Waals surface area contributed by atoms with Crippen molar-refractivity contribution in [1.82, 2.24) is 5.32 Å². The molecule has 1 fully saturated rings. The molecule has 1 saturated heterocycles. The molecule has 2 rings (SSSR count). The maximum absolute atomic E-state index is 10.6. The van der Waals surface area contributed by atoms with E-state index in [0.717, 1.165) is 0 Å². The third-order valence-corrected chi connectivity index (χ3v) is 2.64. The fourth-order valence-corrected chi connectivity index (χ4v) is 1.57. The van der Waals surface area contributed by atoms with Gasteiger partial charge < -0.3 is 5.32 Å². The molecule has 0 atom stereocenters. The van der Waals surface area contributed by atoms with E-state index < -0.39 is 10.1 Å². The zero-order valence-corrected chi connectivity index (χ0v) is 8.71. The molecule has 0 spiro atoms. The van der Waals surface area contributed by atoms with Gasteiger partial charge in [0.15, 0.2) is 0 Å². The molecular weight excluding hydrogens is 202 g/mol. The van der Waals surface area contributed by atoms with Crippen LogP contribution in [0.1, 0.15) is 5.56 Å². The molecule has 1 heterocycles. The molecule has 1 aliphatic heterocycles. The van der Waals surface area contributed by atoms with E-state index in [2.05, 4.69) is 5.32 Å². The number of hydrogen-bond acceptors (Lipinski definition) is 3. The van der Waals surface area contributed by atoms with Crippen LogP contribution in [0.4, 0.5) is 0 Å². The minimum Gasteiger partial charge on any atom is -0.314 e. The summed E-state index contributed by atoms with van der Waals surface area (Å²) in [7, 11) is -4.03. The molecule has 0 aromatic heterocycles. The van der Waals surface area contributed by atoms with Crippen molar-refractivity contribution in [2.24, 2.45) is 0 Å². The summed E-state index contributed by atoms with van der Waals surface area (Å²) in [6.45, 7) is 4.13. The van der Waals surface area contributed by atoms with Gasteiger partial charge in [0.05, 0.1) is 4.90 Å². The summed E-state index contributed by atoms with van der Waals surface area (Å²) in [6.07, 6.45) is 0. The quantitative estimate of drug-likeness (QED) is 0.537. The van der Waals surface area contributed by atoms with E-state index in [1.165, 1.54) is 19.2 Å². The lowest BCUT2D eigenvalue weighted by Gasteiger charge is -1.99. The molecule has 78 valence electrons. The third-order valence-electron chi connectivity index (χ3n) is 1.62. The van der Waals surface area contributed by atoms with Crippen LogP contribution < -0.4 is 5.32 Å². The van der Waals surface area contributed by atoms with Gasteiger partial charge in [-0.2, -0.15) is 8.42 Å². The summed E-state index contributed by atoms with van der Waals surface area (Å²) in [4.78, 5) is -0.0278. The molecule has 14 heavy (non-hydrogen) atoms. The predicted molar refractivity (Wildman–Crippen MR) is 53.9 cm³/mol. The van der Waals surface area contributed by atoms with E-state index in [1.54, 1.807) is 25.1 Å². The van der Waals surface area contributed by atoms with Crippen LogP contribution in [0.5, 0.6) is 0 Å². The van der Waals surface area contributed by atoms with E-state index in [1.807, 2.05) is 0 Å². The molecule has 0 aliphatic carbocycles. The molecule has 0 saturated carbocycles. The molecule has 0 radical (unpaired) electrons. The van der Waals surface area contributed by atoms with E-state index in [9.17, 15) is 8.42 Å². The maximum atomic E-state index is 10.6. The van der Waals surface area contributed by atoms with Gasteiger partial charge in [-0.05, 0) is 18.6 Å². The van der Waals surface area contributed by atoms with Gasteiger partial charge in [-0.15, -0.1) is 0 Å². The van der Waals surface area contributed by atoms with Crippen LogP contribution in [0.2, 0.25) is 0 Å². The van der Waals surface area contributed by atoms with E-state index >= 15 is 0 Å². The standard InChI is InChI=1S/C7H8O3S.C2H5N/c1-6-4-2-3-5-7(6)11(8,9)10;1-2-3-1/h2-5H,1H3,(H,8,9,10);3H,1-2H2. The highest BCUT2D eigenvalue weighted by Gasteiger charge is 2.10. The van der Waals surface area contributed by atoms with Crippen molar-refractivity contribution in [3.8, 4) is 0 Å². The lowest BCUT2D eigenvalue weighted by Crippen LogP contribution is -1.99. The van der Waals surface area contributed by atoms with Crippen molar-refractivity contribution in [1.29, 1.82) is 0 Å². The van der Waals surface area contributed by atoms with Crippen LogP contribution in [0.3, 0.4) is 0 Å². The maximum Gasteiger partial charge on any atom is 0.294 e. The van der Waals surface area contributed by atoms with E-state index in [-0.39, 0.29) is 4.90 Å². The Hall–Kier alpha value is -0.910. The zero-order chi connectivity index (χ0) is 10.6. The van der Waals surface area contributed by atoms with E-state index in [0.29, 0.717) is 5.56 Å². The highest BCUT2D eigenvalue weighted by Crippen LogP contribution is 2.12. The fraction of sp³-hybridized carbons (Fsp3) is 0.333. The van der Waals surface area contributed by atoms with Crippen molar-refractivity contribution >= 4 is 10.1 Å². The topological polar surface area (TPSA) is 76.3 Å². The molecule has 5 heteroatoms. The van der Waals surface area contributed by atoms with Gasteiger partial charge in [0.2, 0.25) is 0 Å². The van der Waals surface area contributed by atoms with E-state index in [4.69, 9.17) is 4.55 Å². The van der Waals surface area contributed by atoms with Crippen molar-refractivity contribution in [3.05, 3.63) is 29.8 Å². The second-order valence-electron chi connectivity index (χ2n) is 2.99. The van der Waals surface area contributed by atoms with Gasteiger partial charge in [0, 0.05) is 13.1 Å². The smallest absolute Gasteiger partial charge is 0.294 e. The van der Waals surface area contributed by atoms with Crippen LogP contribution in [-0.4, -0.2) is 26.1 Å². The highest BCUT2D eigenvalue weighted by atomic mass is 32.2. The second-order valence-corrected chi connectivity index (χ2v) is 4.38. The molecule has 0 unspecified atom stereocenters. The molecule has 0 amide bonds. The molecule has 1 aromatic rings. The van der Waals surface area contributed by atoms with Crippen molar-refractivity contribution < 1.29 is 13.0 Å². The molecule has 1 aliphatic rings. The third kappa shape index (κ3) is 3.87. The predicted octanol–water partition coefficient (Wildman–Crippen LogP) is 0.831. The van der Waals surface area contributed by atoms with Crippen molar-refractivity contribution in [2.75, 3.05) is 13.1 Å². The Morgan fingerprint density at radius 3 is 2.07 bits per heavy atom. The Morgan fingerprint density at radius 2 is 1.79 bits per heavy atom. The molecule has 0 bridgehead atoms. The van der Waals surface area contributed by atoms with Gasteiger partial charge in [0.1, 0.15) is 0 Å². The van der Waals surface area contributed by atoms with Gasteiger partial charge in [0.25, 0.3) is 10.1 Å². The second kappa shape index (κ2) is 4.54. The Bertz CT molecular complexity index is 396. The van der Waals surface area contributed by atoms with Gasteiger partial charge in [-0.3, -0.25) is 4.55 Å². The van der Waals surface area contributed by atoms with Crippen LogP contribution >= 0.6 is 0 Å². The minimum atomic E-state index is -4.03. The Labute approximate surface area is 83.7 Å². The average molecular weight is 215 g/mol. The first-order chi connectivity index (χ1) is 6.52. The normalized spacial score (nSPS) is 14.1. The molecule has 4 nitrogen and oxygen atoms in total. The SMILES string of the molecule is C1CN1.Cc1ccccc1S(=O)(=O)O. The summed E-state index contributed by atoms with van der Waals surface area (Å²) in [5.74, 6) is 0. The number of aryl methyl sites for hydroxylation is 1. The molecule has 2 N–H and O–H groups in total. The van der Waals surface area contributed by atoms with Crippen molar-refractivity contribution in [3.63, 3.8) is 0 Å². The van der Waals surface area contributed by atoms with Gasteiger partial charge in [-0.1, -0.05) is 18.2 Å². The highest BCUT2D eigenvalue weighted by molar-refractivity contribution is 7.85. The molecular formula is C9H13NO3S. The van der Waals surface area contributed by atoms with Crippen LogP contribution in [0.25, 0.3) is 0 Å². The first kappa shape index (κ1) is 11.2. The largest absolute Gasteiger partial charge is 0.314 e. The lowest BCUT2D eigenvalue weighted by molar-refractivity contribution is 0.482. The number of hydrogen-bond donors (Lipinski definition) is 2. The summed E-state index contributed by atoms with van der Waals surface area (Å²) in [6, 6.07) is 6.27. The van der Waals surface area contributed by atoms with Gasteiger partial charge >= 0.3 is 0 Å². The average Bonchev–Trinajstić information content (AvgIpc) is 2.88. The van der Waals surface area contributed by atoms with Crippen molar-refractivity contribution in [2.45, 2.75) is 11.8 Å². The Morgan fingerprint density at radius 1 is 1.29 bits per heavy atom. The number of rotatable bonds is 1. The number of nitrogens with one attached hydrogen (secondary N) is 1. The zero-order valence-electron chi connectivity index (χ0n) is 7.90. The monoisotopic (exact) mass is 215 g/mol. The minimum absolute atomic E-state index is 0.0278. The summed E-state index contributed by atoms with van der Waals surface area (Å²) < 4.78 is 29.9. The van der Waals surface area contributed by atoms with Crippen LogP contribution in [0.15, 0.2) is 29.2 Å². The molecule has 1 aromatic carbocycles. The Balaban J connectivity index is 0.000000276.